The molecule has 0 saturated carbocycles. The third-order valence-electron chi connectivity index (χ3n) is 4.43. The Hall–Kier alpha value is -3.79. The van der Waals surface area contributed by atoms with E-state index in [1.165, 1.54) is 6.08 Å². The first-order valence-corrected chi connectivity index (χ1v) is 10.6. The molecule has 6 nitrogen and oxygen atoms in total. The average molecular weight is 480 g/mol. The van der Waals surface area contributed by atoms with Gasteiger partial charge in [0, 0.05) is 16.4 Å². The maximum Gasteiger partial charge on any atom is 0.266 e. The van der Waals surface area contributed by atoms with E-state index < -0.39 is 5.91 Å². The molecule has 0 heterocycles. The lowest BCUT2D eigenvalue weighted by molar-refractivity contribution is -0.118. The van der Waals surface area contributed by atoms with Crippen LogP contribution in [0.15, 0.2) is 72.3 Å². The van der Waals surface area contributed by atoms with Crippen LogP contribution in [-0.2, 0) is 9.59 Å². The Kier molecular flexibility index (Phi) is 8.09. The van der Waals surface area contributed by atoms with Gasteiger partial charge in [0.05, 0.1) is 5.02 Å². The molecule has 0 unspecified atom stereocenters. The van der Waals surface area contributed by atoms with Gasteiger partial charge in [-0.05, 0) is 67.1 Å². The highest BCUT2D eigenvalue weighted by Gasteiger charge is 2.11. The van der Waals surface area contributed by atoms with Crippen LogP contribution in [0.4, 0.5) is 11.4 Å². The number of rotatable bonds is 7. The molecule has 3 aromatic rings. The number of amides is 2. The minimum Gasteiger partial charge on any atom is -0.482 e. The Balaban J connectivity index is 1.62. The van der Waals surface area contributed by atoms with Gasteiger partial charge in [-0.1, -0.05) is 47.0 Å². The Morgan fingerprint density at radius 3 is 2.24 bits per heavy atom. The number of hydrogen-bond acceptors (Lipinski definition) is 4. The molecule has 2 N–H and O–H groups in total. The second-order valence-electron chi connectivity index (χ2n) is 7.02. The van der Waals surface area contributed by atoms with Crippen LogP contribution in [0.1, 0.15) is 11.1 Å². The van der Waals surface area contributed by atoms with E-state index in [-0.39, 0.29) is 23.1 Å². The van der Waals surface area contributed by atoms with Crippen LogP contribution in [0, 0.1) is 18.3 Å². The summed E-state index contributed by atoms with van der Waals surface area (Å²) in [5.41, 5.74) is 2.69. The molecule has 0 saturated heterocycles. The summed E-state index contributed by atoms with van der Waals surface area (Å²) in [4.78, 5) is 24.5. The van der Waals surface area contributed by atoms with E-state index in [2.05, 4.69) is 10.6 Å². The van der Waals surface area contributed by atoms with E-state index in [0.717, 1.165) is 5.56 Å². The zero-order valence-electron chi connectivity index (χ0n) is 17.6. The molecule has 0 aliphatic rings. The van der Waals surface area contributed by atoms with Gasteiger partial charge in [0.25, 0.3) is 11.8 Å². The van der Waals surface area contributed by atoms with Crippen molar-refractivity contribution < 1.29 is 14.3 Å². The number of halogens is 2. The second-order valence-corrected chi connectivity index (χ2v) is 7.87. The largest absolute Gasteiger partial charge is 0.482 e. The fourth-order valence-corrected chi connectivity index (χ4v) is 3.12. The summed E-state index contributed by atoms with van der Waals surface area (Å²) in [6.45, 7) is 1.73. The summed E-state index contributed by atoms with van der Waals surface area (Å²) < 4.78 is 5.50. The van der Waals surface area contributed by atoms with Crippen LogP contribution < -0.4 is 15.4 Å². The van der Waals surface area contributed by atoms with Crippen LogP contribution in [0.2, 0.25) is 10.0 Å². The number of ether oxygens (including phenoxy) is 1. The number of hydrogen-bond donors (Lipinski definition) is 2. The summed E-state index contributed by atoms with van der Waals surface area (Å²) in [5, 5.41) is 15.5. The summed E-state index contributed by atoms with van der Waals surface area (Å²) in [7, 11) is 0. The topological polar surface area (TPSA) is 91.2 Å². The Morgan fingerprint density at radius 2 is 1.61 bits per heavy atom. The fourth-order valence-electron chi connectivity index (χ4n) is 2.75. The van der Waals surface area contributed by atoms with E-state index in [1.54, 1.807) is 54.6 Å². The Labute approximate surface area is 201 Å². The molecule has 0 bridgehead atoms. The SMILES string of the molecule is Cc1ccc(NC(=O)COc2ccc(/C=C(\C#N)C(=O)Nc3ccc(Cl)cc3)cc2Cl)cc1. The molecule has 0 fully saturated rings. The van der Waals surface area contributed by atoms with Crippen molar-refractivity contribution in [3.8, 4) is 11.8 Å². The van der Waals surface area contributed by atoms with Crippen molar-refractivity contribution in [2.24, 2.45) is 0 Å². The highest BCUT2D eigenvalue weighted by molar-refractivity contribution is 6.32. The van der Waals surface area contributed by atoms with Crippen molar-refractivity contribution in [3.05, 3.63) is 93.5 Å². The van der Waals surface area contributed by atoms with Crippen LogP contribution in [0.5, 0.6) is 5.75 Å². The summed E-state index contributed by atoms with van der Waals surface area (Å²) in [5.74, 6) is -0.592. The number of carbonyl (C=O) groups excluding carboxylic acids is 2. The normalized spacial score (nSPS) is 10.8. The van der Waals surface area contributed by atoms with E-state index >= 15 is 0 Å². The van der Waals surface area contributed by atoms with Gasteiger partial charge in [-0.15, -0.1) is 0 Å². The standard InChI is InChI=1S/C25H19Cl2N3O3/c1-16-2-7-20(8-3-16)29-24(31)15-33-23-11-4-17(13-22(23)27)12-18(14-28)25(32)30-21-9-5-19(26)6-10-21/h2-13H,15H2,1H3,(H,29,31)(H,30,32)/b18-12+. The number of benzene rings is 3. The van der Waals surface area contributed by atoms with Crippen molar-refractivity contribution in [2.45, 2.75) is 6.92 Å². The number of nitriles is 1. The minimum atomic E-state index is -0.566. The lowest BCUT2D eigenvalue weighted by atomic mass is 10.1. The molecule has 33 heavy (non-hydrogen) atoms. The molecular weight excluding hydrogens is 461 g/mol. The second kappa shape index (κ2) is 11.2. The molecular formula is C25H19Cl2N3O3. The van der Waals surface area contributed by atoms with Crippen LogP contribution >= 0.6 is 23.2 Å². The highest BCUT2D eigenvalue weighted by Crippen LogP contribution is 2.27. The van der Waals surface area contributed by atoms with E-state index in [4.69, 9.17) is 27.9 Å². The summed E-state index contributed by atoms with van der Waals surface area (Å²) >= 11 is 12.1. The quantitative estimate of drug-likeness (QED) is 0.327. The van der Waals surface area contributed by atoms with Crippen LogP contribution in [0.3, 0.4) is 0 Å². The molecule has 0 spiro atoms. The highest BCUT2D eigenvalue weighted by atomic mass is 35.5. The monoisotopic (exact) mass is 479 g/mol. The lowest BCUT2D eigenvalue weighted by Gasteiger charge is -2.10. The van der Waals surface area contributed by atoms with Gasteiger partial charge >= 0.3 is 0 Å². The van der Waals surface area contributed by atoms with Crippen LogP contribution in [0.25, 0.3) is 6.08 Å². The van der Waals surface area contributed by atoms with Gasteiger partial charge in [-0.2, -0.15) is 5.26 Å². The number of carbonyl (C=O) groups is 2. The van der Waals surface area contributed by atoms with Crippen molar-refractivity contribution in [1.82, 2.24) is 0 Å². The smallest absolute Gasteiger partial charge is 0.266 e. The molecule has 166 valence electrons. The van der Waals surface area contributed by atoms with E-state index in [9.17, 15) is 14.9 Å². The van der Waals surface area contributed by atoms with Crippen molar-refractivity contribution in [2.75, 3.05) is 17.2 Å². The fraction of sp³-hybridized carbons (Fsp3) is 0.0800. The Morgan fingerprint density at radius 1 is 0.970 bits per heavy atom. The van der Waals surface area contributed by atoms with Gasteiger partial charge < -0.3 is 15.4 Å². The molecule has 0 aliphatic carbocycles. The van der Waals surface area contributed by atoms with Crippen molar-refractivity contribution in [1.29, 1.82) is 5.26 Å². The molecule has 0 aliphatic heterocycles. The van der Waals surface area contributed by atoms with Gasteiger partial charge in [0.2, 0.25) is 0 Å². The number of nitrogens with zero attached hydrogens (tertiary/aromatic N) is 1. The predicted octanol–water partition coefficient (Wildman–Crippen LogP) is 5.87. The third kappa shape index (κ3) is 7.11. The summed E-state index contributed by atoms with van der Waals surface area (Å²) in [6.07, 6.45) is 1.41. The molecule has 3 rings (SSSR count). The molecule has 0 aromatic heterocycles. The van der Waals surface area contributed by atoms with Crippen molar-refractivity contribution in [3.63, 3.8) is 0 Å². The maximum atomic E-state index is 12.4. The molecule has 8 heteroatoms. The number of aryl methyl sites for hydroxylation is 1. The number of anilines is 2. The molecule has 3 aromatic carbocycles. The number of nitrogens with one attached hydrogen (secondary N) is 2. The maximum absolute atomic E-state index is 12.4. The average Bonchev–Trinajstić information content (AvgIpc) is 2.80. The van der Waals surface area contributed by atoms with Gasteiger partial charge in [-0.25, -0.2) is 0 Å². The predicted molar refractivity (Wildman–Crippen MR) is 130 cm³/mol. The van der Waals surface area contributed by atoms with Gasteiger partial charge in [0.15, 0.2) is 6.61 Å². The van der Waals surface area contributed by atoms with Crippen molar-refractivity contribution >= 4 is 52.5 Å². The summed E-state index contributed by atoms with van der Waals surface area (Å²) in [6, 6.07) is 20.5. The zero-order chi connectivity index (χ0) is 23.8. The first kappa shape index (κ1) is 23.9. The van der Waals surface area contributed by atoms with E-state index in [1.807, 2.05) is 25.1 Å². The van der Waals surface area contributed by atoms with Crippen LogP contribution in [-0.4, -0.2) is 18.4 Å². The van der Waals surface area contributed by atoms with Gasteiger partial charge in [0.1, 0.15) is 17.4 Å². The first-order chi connectivity index (χ1) is 15.8. The third-order valence-corrected chi connectivity index (χ3v) is 4.98. The Bertz CT molecular complexity index is 1230. The molecule has 0 atom stereocenters. The lowest BCUT2D eigenvalue weighted by Crippen LogP contribution is -2.20. The zero-order valence-corrected chi connectivity index (χ0v) is 19.1. The molecule has 2 amide bonds. The van der Waals surface area contributed by atoms with E-state index in [0.29, 0.717) is 27.7 Å². The van der Waals surface area contributed by atoms with Gasteiger partial charge in [-0.3, -0.25) is 9.59 Å². The minimum absolute atomic E-state index is 0.104. The molecule has 0 radical (unpaired) electrons. The first-order valence-electron chi connectivity index (χ1n) is 9.81.